The van der Waals surface area contributed by atoms with Gasteiger partial charge in [0.25, 0.3) is 0 Å². The highest BCUT2D eigenvalue weighted by Crippen LogP contribution is 2.34. The predicted molar refractivity (Wildman–Crippen MR) is 103 cm³/mol. The average molecular weight is 380 g/mol. The van der Waals surface area contributed by atoms with E-state index in [0.717, 1.165) is 16.9 Å². The molecule has 0 spiro atoms. The standard InChI is InChI=1S/C22H20O6/c1-26-17-9-4-14(5-10-17)3-6-16-13-19(28-22(25)20(16)21(23)24)15-7-11-18(27-2)12-8-15/h3-12,19H,13H2,1-2H3,(H,23,24)/b6-3+/t19-/m1/s1. The van der Waals surface area contributed by atoms with Crippen molar-refractivity contribution in [3.8, 4) is 11.5 Å². The number of carboxylic acid groups (broad SMARTS) is 1. The Hall–Kier alpha value is -3.54. The van der Waals surface area contributed by atoms with Gasteiger partial charge in [0, 0.05) is 6.42 Å². The molecular formula is C22H20O6. The van der Waals surface area contributed by atoms with E-state index in [4.69, 9.17) is 14.2 Å². The van der Waals surface area contributed by atoms with Crippen LogP contribution in [0.5, 0.6) is 11.5 Å². The first-order valence-corrected chi connectivity index (χ1v) is 8.65. The third kappa shape index (κ3) is 4.23. The molecule has 3 rings (SSSR count). The van der Waals surface area contributed by atoms with E-state index in [0.29, 0.717) is 11.3 Å². The van der Waals surface area contributed by atoms with E-state index in [2.05, 4.69) is 0 Å². The summed E-state index contributed by atoms with van der Waals surface area (Å²) >= 11 is 0. The molecular weight excluding hydrogens is 360 g/mol. The lowest BCUT2D eigenvalue weighted by Gasteiger charge is -2.25. The second-order valence-electron chi connectivity index (χ2n) is 6.18. The molecule has 0 saturated heterocycles. The summed E-state index contributed by atoms with van der Waals surface area (Å²) in [4.78, 5) is 23.9. The molecule has 1 aliphatic heterocycles. The molecule has 1 atom stereocenters. The van der Waals surface area contributed by atoms with E-state index < -0.39 is 18.0 Å². The zero-order valence-corrected chi connectivity index (χ0v) is 15.5. The van der Waals surface area contributed by atoms with Crippen molar-refractivity contribution in [3.63, 3.8) is 0 Å². The number of rotatable bonds is 6. The van der Waals surface area contributed by atoms with Crippen LogP contribution in [0.15, 0.2) is 65.8 Å². The lowest BCUT2D eigenvalue weighted by molar-refractivity contribution is -0.150. The van der Waals surface area contributed by atoms with E-state index in [1.165, 1.54) is 0 Å². The van der Waals surface area contributed by atoms with Gasteiger partial charge < -0.3 is 19.3 Å². The van der Waals surface area contributed by atoms with Gasteiger partial charge >= 0.3 is 11.9 Å². The maximum Gasteiger partial charge on any atom is 0.346 e. The van der Waals surface area contributed by atoms with Gasteiger partial charge in [-0.05, 0) is 41.0 Å². The number of esters is 1. The van der Waals surface area contributed by atoms with Gasteiger partial charge in [0.15, 0.2) is 0 Å². The van der Waals surface area contributed by atoms with Crippen LogP contribution in [0.2, 0.25) is 0 Å². The number of hydrogen-bond acceptors (Lipinski definition) is 5. The Morgan fingerprint density at radius 2 is 1.57 bits per heavy atom. The lowest BCUT2D eigenvalue weighted by Crippen LogP contribution is -2.25. The van der Waals surface area contributed by atoms with Crippen LogP contribution in [0.3, 0.4) is 0 Å². The number of carboxylic acids is 1. The predicted octanol–water partition coefficient (Wildman–Crippen LogP) is 3.79. The van der Waals surface area contributed by atoms with Gasteiger partial charge in [-0.15, -0.1) is 0 Å². The Morgan fingerprint density at radius 1 is 1.00 bits per heavy atom. The molecule has 0 saturated carbocycles. The van der Waals surface area contributed by atoms with Crippen molar-refractivity contribution >= 4 is 18.0 Å². The Bertz CT molecular complexity index is 923. The summed E-state index contributed by atoms with van der Waals surface area (Å²) < 4.78 is 15.6. The molecule has 0 unspecified atom stereocenters. The number of cyclic esters (lactones) is 1. The van der Waals surface area contributed by atoms with Gasteiger partial charge in [0.05, 0.1) is 14.2 Å². The van der Waals surface area contributed by atoms with Crippen LogP contribution in [0.1, 0.15) is 23.7 Å². The number of ether oxygens (including phenoxy) is 3. The second-order valence-corrected chi connectivity index (χ2v) is 6.18. The Balaban J connectivity index is 1.89. The van der Waals surface area contributed by atoms with E-state index >= 15 is 0 Å². The van der Waals surface area contributed by atoms with Crippen LogP contribution in [0, 0.1) is 0 Å². The van der Waals surface area contributed by atoms with Gasteiger partial charge in [-0.3, -0.25) is 0 Å². The van der Waals surface area contributed by atoms with E-state index in [1.807, 2.05) is 12.1 Å². The molecule has 2 aromatic carbocycles. The monoisotopic (exact) mass is 380 g/mol. The van der Waals surface area contributed by atoms with Crippen molar-refractivity contribution in [1.82, 2.24) is 0 Å². The first-order chi connectivity index (χ1) is 13.5. The Labute approximate surface area is 162 Å². The van der Waals surface area contributed by atoms with Crippen molar-refractivity contribution < 1.29 is 28.9 Å². The van der Waals surface area contributed by atoms with Gasteiger partial charge in [-0.25, -0.2) is 9.59 Å². The topological polar surface area (TPSA) is 82.1 Å². The van der Waals surface area contributed by atoms with Crippen LogP contribution in [-0.4, -0.2) is 31.3 Å². The van der Waals surface area contributed by atoms with Gasteiger partial charge in [0.2, 0.25) is 0 Å². The summed E-state index contributed by atoms with van der Waals surface area (Å²) in [6.07, 6.45) is 3.13. The van der Waals surface area contributed by atoms with E-state index in [-0.39, 0.29) is 12.0 Å². The smallest absolute Gasteiger partial charge is 0.346 e. The fourth-order valence-corrected chi connectivity index (χ4v) is 2.96. The fourth-order valence-electron chi connectivity index (χ4n) is 2.96. The number of carbonyl (C=O) groups is 2. The minimum absolute atomic E-state index is 0.270. The maximum absolute atomic E-state index is 12.3. The highest BCUT2D eigenvalue weighted by atomic mass is 16.5. The molecule has 0 bridgehead atoms. The number of benzene rings is 2. The van der Waals surface area contributed by atoms with Crippen LogP contribution in [0.25, 0.3) is 6.08 Å². The molecule has 0 aromatic heterocycles. The van der Waals surface area contributed by atoms with Crippen molar-refractivity contribution in [2.45, 2.75) is 12.5 Å². The minimum Gasteiger partial charge on any atom is -0.497 e. The maximum atomic E-state index is 12.3. The first-order valence-electron chi connectivity index (χ1n) is 8.65. The Kier molecular flexibility index (Phi) is 5.79. The summed E-state index contributed by atoms with van der Waals surface area (Å²) in [6.45, 7) is 0. The van der Waals surface area contributed by atoms with Crippen molar-refractivity contribution in [1.29, 1.82) is 0 Å². The van der Waals surface area contributed by atoms with Crippen molar-refractivity contribution in [2.75, 3.05) is 14.2 Å². The fraction of sp³-hybridized carbons (Fsp3) is 0.182. The SMILES string of the molecule is COc1ccc(/C=C/C2=C(C(=O)O)C(=O)O[C@@H](c3ccc(OC)cc3)C2)cc1. The third-order valence-corrected chi connectivity index (χ3v) is 4.47. The number of allylic oxidation sites excluding steroid dienone is 1. The summed E-state index contributed by atoms with van der Waals surface area (Å²) in [5.74, 6) is -0.725. The van der Waals surface area contributed by atoms with Crippen LogP contribution in [-0.2, 0) is 14.3 Å². The number of hydrogen-bond donors (Lipinski definition) is 1. The quantitative estimate of drug-likeness (QED) is 0.607. The molecule has 6 nitrogen and oxygen atoms in total. The summed E-state index contributed by atoms with van der Waals surface area (Å²) in [6, 6.07) is 14.4. The molecule has 144 valence electrons. The van der Waals surface area contributed by atoms with Crippen LogP contribution < -0.4 is 9.47 Å². The average Bonchev–Trinajstić information content (AvgIpc) is 2.72. The minimum atomic E-state index is -1.30. The van der Waals surface area contributed by atoms with E-state index in [1.54, 1.807) is 62.8 Å². The van der Waals surface area contributed by atoms with Crippen molar-refractivity contribution in [3.05, 3.63) is 76.9 Å². The molecule has 0 aliphatic carbocycles. The molecule has 1 N–H and O–H groups in total. The molecule has 0 fully saturated rings. The first kappa shape index (κ1) is 19.2. The zero-order valence-electron chi connectivity index (χ0n) is 15.5. The highest BCUT2D eigenvalue weighted by Gasteiger charge is 2.33. The molecule has 28 heavy (non-hydrogen) atoms. The number of carbonyl (C=O) groups excluding carboxylic acids is 1. The van der Waals surface area contributed by atoms with Gasteiger partial charge in [-0.1, -0.05) is 36.4 Å². The number of aliphatic carboxylic acids is 1. The summed E-state index contributed by atoms with van der Waals surface area (Å²) in [7, 11) is 3.15. The van der Waals surface area contributed by atoms with Gasteiger partial charge in [-0.2, -0.15) is 0 Å². The largest absolute Gasteiger partial charge is 0.497 e. The molecule has 0 radical (unpaired) electrons. The van der Waals surface area contributed by atoms with E-state index in [9.17, 15) is 14.7 Å². The normalized spacial score (nSPS) is 16.8. The third-order valence-electron chi connectivity index (χ3n) is 4.47. The summed E-state index contributed by atoms with van der Waals surface area (Å²) in [5.41, 5.74) is 1.71. The Morgan fingerprint density at radius 3 is 2.11 bits per heavy atom. The molecule has 1 heterocycles. The van der Waals surface area contributed by atoms with Crippen LogP contribution in [0.4, 0.5) is 0 Å². The number of methoxy groups -OCH3 is 2. The van der Waals surface area contributed by atoms with Crippen LogP contribution >= 0.6 is 0 Å². The molecule has 1 aliphatic rings. The summed E-state index contributed by atoms with van der Waals surface area (Å²) in [5, 5.41) is 9.44. The second kappa shape index (κ2) is 8.43. The highest BCUT2D eigenvalue weighted by molar-refractivity contribution is 6.15. The van der Waals surface area contributed by atoms with Crippen molar-refractivity contribution in [2.24, 2.45) is 0 Å². The zero-order chi connectivity index (χ0) is 20.1. The lowest BCUT2D eigenvalue weighted by atomic mass is 9.93. The molecule has 6 heteroatoms. The molecule has 2 aromatic rings. The van der Waals surface area contributed by atoms with Gasteiger partial charge in [0.1, 0.15) is 23.2 Å². The molecule has 0 amide bonds.